The molecule has 2 bridgehead atoms. The summed E-state index contributed by atoms with van der Waals surface area (Å²) < 4.78 is 6.03. The van der Waals surface area contributed by atoms with Gasteiger partial charge in [0.1, 0.15) is 12.4 Å². The van der Waals surface area contributed by atoms with Gasteiger partial charge in [0.05, 0.1) is 0 Å². The Balaban J connectivity index is 1.41. The first-order chi connectivity index (χ1) is 13.6. The van der Waals surface area contributed by atoms with Gasteiger partial charge in [-0.15, -0.1) is 0 Å². The molecular formula is C26H28O2. The quantitative estimate of drug-likeness (QED) is 0.668. The molecule has 4 aliphatic carbocycles. The van der Waals surface area contributed by atoms with E-state index < -0.39 is 0 Å². The van der Waals surface area contributed by atoms with E-state index in [1.54, 1.807) is 0 Å². The maximum atomic E-state index is 13.3. The van der Waals surface area contributed by atoms with Crippen molar-refractivity contribution in [1.29, 1.82) is 0 Å². The monoisotopic (exact) mass is 372 g/mol. The van der Waals surface area contributed by atoms with Crippen LogP contribution in [-0.2, 0) is 11.4 Å². The second-order valence-corrected chi connectivity index (χ2v) is 8.93. The average molecular weight is 373 g/mol. The highest BCUT2D eigenvalue weighted by atomic mass is 16.5. The Morgan fingerprint density at radius 3 is 2.21 bits per heavy atom. The molecule has 0 amide bonds. The van der Waals surface area contributed by atoms with Gasteiger partial charge in [-0.3, -0.25) is 4.79 Å². The third-order valence-electron chi connectivity index (χ3n) is 7.23. The maximum Gasteiger partial charge on any atom is 0.167 e. The fraction of sp³-hybridized carbons (Fsp3) is 0.423. The van der Waals surface area contributed by atoms with E-state index >= 15 is 0 Å². The number of benzene rings is 2. The number of rotatable bonds is 4. The normalized spacial score (nSPS) is 28.2. The molecule has 2 atom stereocenters. The summed E-state index contributed by atoms with van der Waals surface area (Å²) in [6.45, 7) is 4.79. The molecule has 3 fully saturated rings. The molecule has 2 nitrogen and oxygen atoms in total. The summed E-state index contributed by atoms with van der Waals surface area (Å²) in [5, 5.41) is 0. The van der Waals surface area contributed by atoms with E-state index in [4.69, 9.17) is 4.74 Å². The molecule has 0 spiro atoms. The van der Waals surface area contributed by atoms with Crippen LogP contribution in [-0.4, -0.2) is 5.78 Å². The number of aryl methyl sites for hydroxylation is 2. The molecular weight excluding hydrogens is 344 g/mol. The second kappa shape index (κ2) is 6.92. The van der Waals surface area contributed by atoms with Crippen LogP contribution < -0.4 is 4.74 Å². The summed E-state index contributed by atoms with van der Waals surface area (Å²) in [6.07, 6.45) is 7.47. The minimum absolute atomic E-state index is 0.260. The molecule has 2 heteroatoms. The number of hydrogen-bond donors (Lipinski definition) is 0. The summed E-state index contributed by atoms with van der Waals surface area (Å²) in [5.41, 5.74) is 5.58. The number of fused-ring (bicyclic) bond motifs is 2. The van der Waals surface area contributed by atoms with Gasteiger partial charge in [-0.1, -0.05) is 36.4 Å². The molecule has 28 heavy (non-hydrogen) atoms. The van der Waals surface area contributed by atoms with Crippen LogP contribution in [0.2, 0.25) is 0 Å². The summed E-state index contributed by atoms with van der Waals surface area (Å²) in [4.78, 5) is 13.3. The van der Waals surface area contributed by atoms with Gasteiger partial charge in [0.2, 0.25) is 0 Å². The lowest BCUT2D eigenvalue weighted by molar-refractivity contribution is -0.123. The fourth-order valence-electron chi connectivity index (χ4n) is 5.96. The van der Waals surface area contributed by atoms with Gasteiger partial charge in [-0.05, 0) is 91.7 Å². The molecule has 144 valence electrons. The van der Waals surface area contributed by atoms with Gasteiger partial charge in [-0.2, -0.15) is 0 Å². The Morgan fingerprint density at radius 1 is 0.929 bits per heavy atom. The molecule has 2 unspecified atom stereocenters. The van der Waals surface area contributed by atoms with Crippen LogP contribution in [0.3, 0.4) is 0 Å². The highest BCUT2D eigenvalue weighted by Gasteiger charge is 2.50. The highest BCUT2D eigenvalue weighted by molar-refractivity contribution is 6.25. The lowest BCUT2D eigenvalue weighted by Gasteiger charge is -2.44. The van der Waals surface area contributed by atoms with Crippen molar-refractivity contribution in [3.63, 3.8) is 0 Å². The molecule has 0 aromatic heterocycles. The van der Waals surface area contributed by atoms with E-state index in [9.17, 15) is 4.79 Å². The first-order valence-electron chi connectivity index (χ1n) is 10.7. The maximum absolute atomic E-state index is 13.3. The summed E-state index contributed by atoms with van der Waals surface area (Å²) >= 11 is 0. The molecule has 0 heterocycles. The molecule has 0 N–H and O–H groups in total. The minimum Gasteiger partial charge on any atom is -0.489 e. The van der Waals surface area contributed by atoms with Crippen LogP contribution >= 0.6 is 0 Å². The molecule has 4 aliphatic rings. The van der Waals surface area contributed by atoms with Crippen LogP contribution in [0, 0.1) is 37.5 Å². The van der Waals surface area contributed by atoms with E-state index in [2.05, 4.69) is 44.2 Å². The van der Waals surface area contributed by atoms with Crippen molar-refractivity contribution in [2.75, 3.05) is 0 Å². The molecule has 0 aliphatic heterocycles. The van der Waals surface area contributed by atoms with E-state index in [0.29, 0.717) is 24.2 Å². The second-order valence-electron chi connectivity index (χ2n) is 8.93. The predicted molar refractivity (Wildman–Crippen MR) is 112 cm³/mol. The number of carbonyl (C=O) groups is 1. The summed E-state index contributed by atoms with van der Waals surface area (Å²) in [7, 11) is 0. The third kappa shape index (κ3) is 2.90. The van der Waals surface area contributed by atoms with Gasteiger partial charge in [-0.25, -0.2) is 0 Å². The zero-order chi connectivity index (χ0) is 19.3. The lowest BCUT2D eigenvalue weighted by atomic mass is 9.59. The fourth-order valence-corrected chi connectivity index (χ4v) is 5.96. The standard InChI is InChI=1S/C26H28O2/c1-16-12-21(28-15-18-6-4-3-5-7-18)13-17(2)24(16)23-14-22-19-8-10-20(11-9-19)25(22)26(23)27/h3-7,12-14,19-20,22,25H,8-11,15H2,1-2H3. The number of hydrogen-bond acceptors (Lipinski definition) is 2. The molecule has 0 radical (unpaired) electrons. The molecule has 2 aromatic carbocycles. The van der Waals surface area contributed by atoms with E-state index in [1.807, 2.05) is 18.2 Å². The van der Waals surface area contributed by atoms with Gasteiger partial charge in [0, 0.05) is 11.5 Å². The van der Waals surface area contributed by atoms with Gasteiger partial charge < -0.3 is 4.74 Å². The Morgan fingerprint density at radius 2 is 1.57 bits per heavy atom. The SMILES string of the molecule is Cc1cc(OCc2ccccc2)cc(C)c1C1=CC2C3CCC(CC3)C2C1=O. The largest absolute Gasteiger partial charge is 0.489 e. The number of ether oxygens (including phenoxy) is 1. The highest BCUT2D eigenvalue weighted by Crippen LogP contribution is 2.55. The summed E-state index contributed by atoms with van der Waals surface area (Å²) in [5.74, 6) is 3.38. The molecule has 6 rings (SSSR count). The van der Waals surface area contributed by atoms with Crippen LogP contribution in [0.15, 0.2) is 48.5 Å². The van der Waals surface area contributed by atoms with Gasteiger partial charge >= 0.3 is 0 Å². The zero-order valence-electron chi connectivity index (χ0n) is 16.8. The third-order valence-corrected chi connectivity index (χ3v) is 7.23. The van der Waals surface area contributed by atoms with Crippen LogP contribution in [0.5, 0.6) is 5.75 Å². The Bertz CT molecular complexity index is 909. The molecule has 3 saturated carbocycles. The molecule has 2 aromatic rings. The van der Waals surface area contributed by atoms with Crippen LogP contribution in [0.1, 0.15) is 47.9 Å². The number of carbonyl (C=O) groups excluding carboxylic acids is 1. The smallest absolute Gasteiger partial charge is 0.167 e. The van der Waals surface area contributed by atoms with E-state index in [-0.39, 0.29) is 5.92 Å². The van der Waals surface area contributed by atoms with Crippen molar-refractivity contribution in [2.45, 2.75) is 46.1 Å². The average Bonchev–Trinajstić information content (AvgIpc) is 3.07. The summed E-state index contributed by atoms with van der Waals surface area (Å²) in [6, 6.07) is 14.4. The van der Waals surface area contributed by atoms with Crippen molar-refractivity contribution >= 4 is 11.4 Å². The van der Waals surface area contributed by atoms with Crippen molar-refractivity contribution in [1.82, 2.24) is 0 Å². The van der Waals surface area contributed by atoms with Crippen molar-refractivity contribution in [3.05, 3.63) is 70.8 Å². The number of ketones is 1. The first-order valence-corrected chi connectivity index (χ1v) is 10.7. The lowest BCUT2D eigenvalue weighted by Crippen LogP contribution is -2.40. The Labute approximate surface area is 167 Å². The Hall–Kier alpha value is -2.35. The Kier molecular flexibility index (Phi) is 4.38. The van der Waals surface area contributed by atoms with Crippen LogP contribution in [0.25, 0.3) is 5.57 Å². The van der Waals surface area contributed by atoms with Gasteiger partial charge in [0.25, 0.3) is 0 Å². The van der Waals surface area contributed by atoms with E-state index in [1.165, 1.54) is 25.7 Å². The topological polar surface area (TPSA) is 26.3 Å². The minimum atomic E-state index is 0.260. The first kappa shape index (κ1) is 17.7. The van der Waals surface area contributed by atoms with Crippen molar-refractivity contribution in [3.8, 4) is 5.75 Å². The van der Waals surface area contributed by atoms with Crippen molar-refractivity contribution in [2.24, 2.45) is 23.7 Å². The number of allylic oxidation sites excluding steroid dienone is 2. The van der Waals surface area contributed by atoms with Crippen molar-refractivity contribution < 1.29 is 9.53 Å². The van der Waals surface area contributed by atoms with E-state index in [0.717, 1.165) is 39.5 Å². The number of Topliss-reactive ketones (excluding diaryl/α,β-unsaturated/α-hetero) is 1. The van der Waals surface area contributed by atoms with Gasteiger partial charge in [0.15, 0.2) is 5.78 Å². The van der Waals surface area contributed by atoms with Crippen LogP contribution in [0.4, 0.5) is 0 Å². The predicted octanol–water partition coefficient (Wildman–Crippen LogP) is 5.90. The molecule has 0 saturated heterocycles. The zero-order valence-corrected chi connectivity index (χ0v) is 16.8.